The number of piperidine rings is 1. The van der Waals surface area contributed by atoms with Gasteiger partial charge in [0.1, 0.15) is 0 Å². The van der Waals surface area contributed by atoms with E-state index in [1.165, 1.54) is 24.2 Å². The SMILES string of the molecule is CC(C)(C)c1csc(NC(=O)CCC2CCCNC2)n1. The summed E-state index contributed by atoms with van der Waals surface area (Å²) in [5.74, 6) is 0.737. The number of nitrogens with one attached hydrogen (secondary N) is 2. The van der Waals surface area contributed by atoms with Crippen molar-refractivity contribution in [2.75, 3.05) is 18.4 Å². The number of hydrogen-bond acceptors (Lipinski definition) is 4. The summed E-state index contributed by atoms with van der Waals surface area (Å²) in [6, 6.07) is 0. The molecule has 1 aromatic rings. The van der Waals surface area contributed by atoms with Gasteiger partial charge in [-0.05, 0) is 38.3 Å². The number of hydrogen-bond donors (Lipinski definition) is 2. The third kappa shape index (κ3) is 4.56. The summed E-state index contributed by atoms with van der Waals surface area (Å²) in [5.41, 5.74) is 1.07. The summed E-state index contributed by atoms with van der Waals surface area (Å²) in [5, 5.41) is 9.06. The lowest BCUT2D eigenvalue weighted by molar-refractivity contribution is -0.116. The molecule has 1 atom stereocenters. The van der Waals surface area contributed by atoms with E-state index < -0.39 is 0 Å². The van der Waals surface area contributed by atoms with E-state index in [4.69, 9.17) is 0 Å². The van der Waals surface area contributed by atoms with Crippen LogP contribution in [0, 0.1) is 5.92 Å². The summed E-state index contributed by atoms with van der Waals surface area (Å²) in [7, 11) is 0. The van der Waals surface area contributed by atoms with Crippen LogP contribution in [0.1, 0.15) is 52.1 Å². The molecule has 1 unspecified atom stereocenters. The molecule has 4 nitrogen and oxygen atoms in total. The molecule has 0 saturated carbocycles. The topological polar surface area (TPSA) is 54.0 Å². The van der Waals surface area contributed by atoms with E-state index in [1.807, 2.05) is 5.38 Å². The van der Waals surface area contributed by atoms with Gasteiger partial charge in [0, 0.05) is 17.2 Å². The summed E-state index contributed by atoms with van der Waals surface area (Å²) in [4.78, 5) is 16.4. The van der Waals surface area contributed by atoms with E-state index in [0.717, 1.165) is 30.3 Å². The van der Waals surface area contributed by atoms with Crippen molar-refractivity contribution >= 4 is 22.4 Å². The van der Waals surface area contributed by atoms with Crippen molar-refractivity contribution in [3.63, 3.8) is 0 Å². The summed E-state index contributed by atoms with van der Waals surface area (Å²) < 4.78 is 0. The number of rotatable bonds is 4. The minimum Gasteiger partial charge on any atom is -0.316 e. The molecule has 2 rings (SSSR count). The third-order valence-corrected chi connectivity index (χ3v) is 4.46. The molecule has 1 amide bonds. The normalized spacial score (nSPS) is 19.9. The highest BCUT2D eigenvalue weighted by Crippen LogP contribution is 2.26. The van der Waals surface area contributed by atoms with Gasteiger partial charge in [-0.15, -0.1) is 11.3 Å². The monoisotopic (exact) mass is 295 g/mol. The highest BCUT2D eigenvalue weighted by atomic mass is 32.1. The first-order valence-electron chi connectivity index (χ1n) is 7.42. The molecule has 5 heteroatoms. The molecule has 0 bridgehead atoms. The van der Waals surface area contributed by atoms with Gasteiger partial charge in [-0.25, -0.2) is 4.98 Å². The van der Waals surface area contributed by atoms with Crippen LogP contribution >= 0.6 is 11.3 Å². The minimum absolute atomic E-state index is 0.0350. The van der Waals surface area contributed by atoms with Crippen molar-refractivity contribution < 1.29 is 4.79 Å². The first-order valence-corrected chi connectivity index (χ1v) is 8.29. The fraction of sp³-hybridized carbons (Fsp3) is 0.733. The molecule has 1 aliphatic heterocycles. The highest BCUT2D eigenvalue weighted by molar-refractivity contribution is 7.13. The summed E-state index contributed by atoms with van der Waals surface area (Å²) in [6.45, 7) is 8.56. The number of aromatic nitrogens is 1. The molecular weight excluding hydrogens is 270 g/mol. The maximum atomic E-state index is 11.9. The fourth-order valence-corrected chi connectivity index (χ4v) is 3.32. The first-order chi connectivity index (χ1) is 9.45. The largest absolute Gasteiger partial charge is 0.316 e. The van der Waals surface area contributed by atoms with Crippen LogP contribution in [0.5, 0.6) is 0 Å². The number of nitrogens with zero attached hydrogens (tertiary/aromatic N) is 1. The average molecular weight is 295 g/mol. The molecule has 20 heavy (non-hydrogen) atoms. The van der Waals surface area contributed by atoms with E-state index in [-0.39, 0.29) is 11.3 Å². The lowest BCUT2D eigenvalue weighted by Crippen LogP contribution is -2.30. The highest BCUT2D eigenvalue weighted by Gasteiger charge is 2.19. The van der Waals surface area contributed by atoms with Gasteiger partial charge in [0.25, 0.3) is 0 Å². The Morgan fingerprint density at radius 3 is 2.95 bits per heavy atom. The van der Waals surface area contributed by atoms with E-state index >= 15 is 0 Å². The molecule has 1 aliphatic rings. The van der Waals surface area contributed by atoms with Crippen molar-refractivity contribution in [1.82, 2.24) is 10.3 Å². The van der Waals surface area contributed by atoms with E-state index in [2.05, 4.69) is 36.4 Å². The standard InChI is InChI=1S/C15H25N3OS/c1-15(2,3)12-10-20-14(17-12)18-13(19)7-6-11-5-4-8-16-9-11/h10-11,16H,4-9H2,1-3H3,(H,17,18,19). The Kier molecular flexibility index (Phi) is 5.16. The van der Waals surface area contributed by atoms with Gasteiger partial charge in [0.15, 0.2) is 5.13 Å². The Hall–Kier alpha value is -0.940. The Labute approximate surface area is 125 Å². The summed E-state index contributed by atoms with van der Waals surface area (Å²) >= 11 is 1.51. The number of anilines is 1. The van der Waals surface area contributed by atoms with Crippen LogP contribution in [0.3, 0.4) is 0 Å². The number of amides is 1. The van der Waals surface area contributed by atoms with E-state index in [1.54, 1.807) is 0 Å². The van der Waals surface area contributed by atoms with Crippen LogP contribution in [0.2, 0.25) is 0 Å². The van der Waals surface area contributed by atoms with Crippen LogP contribution in [0.4, 0.5) is 5.13 Å². The van der Waals surface area contributed by atoms with Crippen molar-refractivity contribution in [2.24, 2.45) is 5.92 Å². The van der Waals surface area contributed by atoms with E-state index in [9.17, 15) is 4.79 Å². The number of thiazole rings is 1. The van der Waals surface area contributed by atoms with Crippen LogP contribution in [0.25, 0.3) is 0 Å². The quantitative estimate of drug-likeness (QED) is 0.897. The van der Waals surface area contributed by atoms with Crippen molar-refractivity contribution in [1.29, 1.82) is 0 Å². The average Bonchev–Trinajstić information content (AvgIpc) is 2.86. The van der Waals surface area contributed by atoms with Crippen molar-refractivity contribution in [3.05, 3.63) is 11.1 Å². The predicted molar refractivity (Wildman–Crippen MR) is 84.3 cm³/mol. The van der Waals surface area contributed by atoms with Gasteiger partial charge in [-0.2, -0.15) is 0 Å². The second-order valence-corrected chi connectivity index (χ2v) is 7.45. The van der Waals surface area contributed by atoms with Gasteiger partial charge in [0.05, 0.1) is 5.69 Å². The van der Waals surface area contributed by atoms with Crippen molar-refractivity contribution in [3.8, 4) is 0 Å². The maximum Gasteiger partial charge on any atom is 0.226 e. The molecule has 0 spiro atoms. The molecular formula is C15H25N3OS. The molecule has 1 saturated heterocycles. The number of carbonyl (C=O) groups is 1. The first kappa shape index (κ1) is 15.4. The van der Waals surface area contributed by atoms with Crippen molar-refractivity contribution in [2.45, 2.75) is 51.9 Å². The molecule has 2 N–H and O–H groups in total. The Morgan fingerprint density at radius 2 is 2.35 bits per heavy atom. The van der Waals surface area contributed by atoms with Gasteiger partial charge in [0.2, 0.25) is 5.91 Å². The molecule has 0 aromatic carbocycles. The van der Waals surface area contributed by atoms with Crippen LogP contribution in [-0.2, 0) is 10.2 Å². The maximum absolute atomic E-state index is 11.9. The zero-order chi connectivity index (χ0) is 14.6. The molecule has 0 aliphatic carbocycles. The van der Waals surface area contributed by atoms with Crippen LogP contribution < -0.4 is 10.6 Å². The molecule has 0 radical (unpaired) electrons. The Morgan fingerprint density at radius 1 is 1.55 bits per heavy atom. The van der Waals surface area contributed by atoms with Gasteiger partial charge >= 0.3 is 0 Å². The lowest BCUT2D eigenvalue weighted by Gasteiger charge is -2.22. The van der Waals surface area contributed by atoms with Gasteiger partial charge < -0.3 is 10.6 Å². The van der Waals surface area contributed by atoms with Gasteiger partial charge in [-0.3, -0.25) is 4.79 Å². The Bertz CT molecular complexity index is 444. The zero-order valence-electron chi connectivity index (χ0n) is 12.7. The Balaban J connectivity index is 1.77. The van der Waals surface area contributed by atoms with E-state index in [0.29, 0.717) is 12.3 Å². The molecule has 2 heterocycles. The lowest BCUT2D eigenvalue weighted by atomic mass is 9.93. The summed E-state index contributed by atoms with van der Waals surface area (Å²) in [6.07, 6.45) is 4.03. The van der Waals surface area contributed by atoms with Crippen LogP contribution in [-0.4, -0.2) is 24.0 Å². The second-order valence-electron chi connectivity index (χ2n) is 6.59. The fourth-order valence-electron chi connectivity index (χ4n) is 2.36. The minimum atomic E-state index is 0.0350. The number of carbonyl (C=O) groups excluding carboxylic acids is 1. The van der Waals surface area contributed by atoms with Gasteiger partial charge in [-0.1, -0.05) is 20.8 Å². The predicted octanol–water partition coefficient (Wildman–Crippen LogP) is 3.16. The molecule has 1 fully saturated rings. The molecule has 112 valence electrons. The second kappa shape index (κ2) is 6.68. The molecule has 1 aromatic heterocycles. The zero-order valence-corrected chi connectivity index (χ0v) is 13.5. The van der Waals surface area contributed by atoms with Crippen LogP contribution in [0.15, 0.2) is 5.38 Å². The third-order valence-electron chi connectivity index (χ3n) is 3.70. The smallest absolute Gasteiger partial charge is 0.226 e.